The summed E-state index contributed by atoms with van der Waals surface area (Å²) in [6, 6.07) is 29.1. The van der Waals surface area contributed by atoms with Crippen LogP contribution in [0.2, 0.25) is 0 Å². The summed E-state index contributed by atoms with van der Waals surface area (Å²) in [5.74, 6) is -2.32. The molecule has 4 aromatic carbocycles. The SMILES string of the molecule is COc1ccc(-c2ccc(CCC(O)C(CCN3C(=O)c4ccc(C)cc4C3=O)C(=O)O)cc2)cc1-c1ccccc1. The van der Waals surface area contributed by atoms with Crippen molar-refractivity contribution < 1.29 is 29.3 Å². The molecule has 2 N–H and O–H groups in total. The number of fused-ring (bicyclic) bond motifs is 1. The number of imide groups is 1. The molecule has 0 spiro atoms. The Bertz CT molecular complexity index is 1610. The third-order valence-electron chi connectivity index (χ3n) is 7.87. The zero-order chi connectivity index (χ0) is 29.8. The van der Waals surface area contributed by atoms with Gasteiger partial charge in [0, 0.05) is 12.1 Å². The summed E-state index contributed by atoms with van der Waals surface area (Å²) in [4.78, 5) is 38.6. The molecule has 1 heterocycles. The number of rotatable bonds is 11. The molecule has 1 aliphatic heterocycles. The standard InChI is InChI=1S/C35H33NO6/c1-22-8-15-27-30(20-22)34(39)36(33(27)38)19-18-28(35(40)41)31(37)16-11-23-9-12-24(13-10-23)26-14-17-32(42-2)29(21-26)25-6-4-3-5-7-25/h3-10,12-15,17,20-21,28,31,37H,11,16,18-19H2,1-2H3,(H,40,41). The minimum absolute atomic E-state index is 0.0267. The van der Waals surface area contributed by atoms with Gasteiger partial charge in [-0.3, -0.25) is 19.3 Å². The van der Waals surface area contributed by atoms with Crippen molar-refractivity contribution in [1.82, 2.24) is 4.90 Å². The second-order valence-corrected chi connectivity index (χ2v) is 10.6. The number of hydrogen-bond donors (Lipinski definition) is 2. The van der Waals surface area contributed by atoms with Gasteiger partial charge in [-0.15, -0.1) is 0 Å². The number of carbonyl (C=O) groups excluding carboxylic acids is 2. The fourth-order valence-electron chi connectivity index (χ4n) is 5.47. The van der Waals surface area contributed by atoms with Crippen LogP contribution in [0.5, 0.6) is 5.75 Å². The van der Waals surface area contributed by atoms with Gasteiger partial charge in [-0.1, -0.05) is 72.3 Å². The van der Waals surface area contributed by atoms with Crippen LogP contribution < -0.4 is 4.74 Å². The van der Waals surface area contributed by atoms with Gasteiger partial charge >= 0.3 is 5.97 Å². The Labute approximate surface area is 245 Å². The molecule has 2 unspecified atom stereocenters. The molecule has 7 heteroatoms. The second kappa shape index (κ2) is 12.4. The van der Waals surface area contributed by atoms with Crippen molar-refractivity contribution >= 4 is 17.8 Å². The van der Waals surface area contributed by atoms with Crippen molar-refractivity contribution in [3.8, 4) is 28.0 Å². The van der Waals surface area contributed by atoms with Gasteiger partial charge < -0.3 is 14.9 Å². The number of carboxylic acid groups (broad SMARTS) is 1. The van der Waals surface area contributed by atoms with Crippen LogP contribution in [0.25, 0.3) is 22.3 Å². The molecule has 7 nitrogen and oxygen atoms in total. The van der Waals surface area contributed by atoms with Crippen molar-refractivity contribution in [3.05, 3.63) is 113 Å². The Morgan fingerprint density at radius 3 is 2.17 bits per heavy atom. The van der Waals surface area contributed by atoms with Crippen LogP contribution in [0.3, 0.4) is 0 Å². The van der Waals surface area contributed by atoms with Crippen LogP contribution in [-0.4, -0.2) is 52.7 Å². The van der Waals surface area contributed by atoms with Gasteiger partial charge in [-0.25, -0.2) is 0 Å². The first-order valence-electron chi connectivity index (χ1n) is 14.0. The molecule has 0 radical (unpaired) electrons. The average molecular weight is 564 g/mol. The highest BCUT2D eigenvalue weighted by Crippen LogP contribution is 2.34. The van der Waals surface area contributed by atoms with E-state index in [-0.39, 0.29) is 19.4 Å². The van der Waals surface area contributed by atoms with E-state index >= 15 is 0 Å². The molecule has 0 bridgehead atoms. The van der Waals surface area contributed by atoms with Crippen LogP contribution in [0.4, 0.5) is 0 Å². The zero-order valence-electron chi connectivity index (χ0n) is 23.6. The highest BCUT2D eigenvalue weighted by Gasteiger charge is 2.37. The monoisotopic (exact) mass is 563 g/mol. The Morgan fingerprint density at radius 1 is 0.786 bits per heavy atom. The van der Waals surface area contributed by atoms with Crippen LogP contribution in [0.1, 0.15) is 44.7 Å². The number of benzene rings is 4. The highest BCUT2D eigenvalue weighted by molar-refractivity contribution is 6.21. The molecule has 214 valence electrons. The van der Waals surface area contributed by atoms with Crippen molar-refractivity contribution in [2.24, 2.45) is 5.92 Å². The Balaban J connectivity index is 1.21. The Morgan fingerprint density at radius 2 is 1.48 bits per heavy atom. The van der Waals surface area contributed by atoms with E-state index in [1.807, 2.05) is 73.7 Å². The van der Waals surface area contributed by atoms with E-state index < -0.39 is 29.8 Å². The summed E-state index contributed by atoms with van der Waals surface area (Å²) in [5.41, 5.74) is 6.62. The summed E-state index contributed by atoms with van der Waals surface area (Å²) < 4.78 is 5.57. The maximum Gasteiger partial charge on any atom is 0.309 e. The van der Waals surface area contributed by atoms with Gasteiger partial charge in [-0.05, 0) is 72.7 Å². The number of nitrogens with zero attached hydrogens (tertiary/aromatic N) is 1. The summed E-state index contributed by atoms with van der Waals surface area (Å²) in [6.45, 7) is 1.77. The number of aliphatic hydroxyl groups is 1. The third-order valence-corrected chi connectivity index (χ3v) is 7.87. The lowest BCUT2D eigenvalue weighted by atomic mass is 9.92. The largest absolute Gasteiger partial charge is 0.496 e. The molecule has 2 amide bonds. The number of carboxylic acids is 1. The molecule has 0 aliphatic carbocycles. The molecule has 0 aromatic heterocycles. The average Bonchev–Trinajstić information content (AvgIpc) is 3.24. The van der Waals surface area contributed by atoms with E-state index in [0.717, 1.165) is 44.0 Å². The van der Waals surface area contributed by atoms with Gasteiger partial charge in [0.05, 0.1) is 30.3 Å². The van der Waals surface area contributed by atoms with Crippen LogP contribution >= 0.6 is 0 Å². The quantitative estimate of drug-likeness (QED) is 0.216. The van der Waals surface area contributed by atoms with Crippen molar-refractivity contribution in [1.29, 1.82) is 0 Å². The molecular formula is C35H33NO6. The van der Waals surface area contributed by atoms with E-state index in [2.05, 4.69) is 6.07 Å². The molecule has 0 saturated carbocycles. The first kappa shape index (κ1) is 28.8. The first-order valence-corrected chi connectivity index (χ1v) is 14.0. The Hall–Kier alpha value is -4.75. The van der Waals surface area contributed by atoms with E-state index in [0.29, 0.717) is 17.5 Å². The molecule has 0 fully saturated rings. The van der Waals surface area contributed by atoms with Crippen molar-refractivity contribution in [2.75, 3.05) is 13.7 Å². The lowest BCUT2D eigenvalue weighted by Gasteiger charge is -2.22. The number of methoxy groups -OCH3 is 1. The number of aliphatic hydroxyl groups excluding tert-OH is 1. The van der Waals surface area contributed by atoms with Gasteiger partial charge in [0.15, 0.2) is 0 Å². The Kier molecular flexibility index (Phi) is 8.50. The van der Waals surface area contributed by atoms with Crippen molar-refractivity contribution in [2.45, 2.75) is 32.3 Å². The minimum atomic E-state index is -1.15. The maximum atomic E-state index is 12.8. The number of carbonyl (C=O) groups is 3. The zero-order valence-corrected chi connectivity index (χ0v) is 23.6. The molecule has 0 saturated heterocycles. The van der Waals surface area contributed by atoms with Gasteiger partial charge in [0.25, 0.3) is 11.8 Å². The van der Waals surface area contributed by atoms with Gasteiger partial charge in [0.2, 0.25) is 0 Å². The van der Waals surface area contributed by atoms with E-state index in [1.54, 1.807) is 25.3 Å². The van der Waals surface area contributed by atoms with Crippen LogP contribution in [-0.2, 0) is 11.2 Å². The first-order chi connectivity index (χ1) is 20.3. The molecule has 42 heavy (non-hydrogen) atoms. The molecule has 4 aromatic rings. The second-order valence-electron chi connectivity index (χ2n) is 10.6. The predicted octanol–water partition coefficient (Wildman–Crippen LogP) is 6.02. The van der Waals surface area contributed by atoms with Crippen molar-refractivity contribution in [3.63, 3.8) is 0 Å². The normalized spacial score (nSPS) is 14.0. The lowest BCUT2D eigenvalue weighted by molar-refractivity contribution is -0.146. The number of ether oxygens (including phenoxy) is 1. The molecule has 5 rings (SSSR count). The van der Waals surface area contributed by atoms with E-state index in [4.69, 9.17) is 4.74 Å². The summed E-state index contributed by atoms with van der Waals surface area (Å²) in [6.07, 6.45) is -0.441. The van der Waals surface area contributed by atoms with E-state index in [1.165, 1.54) is 0 Å². The van der Waals surface area contributed by atoms with Gasteiger partial charge in [-0.2, -0.15) is 0 Å². The fourth-order valence-corrected chi connectivity index (χ4v) is 5.47. The highest BCUT2D eigenvalue weighted by atomic mass is 16.5. The summed E-state index contributed by atoms with van der Waals surface area (Å²) in [5, 5.41) is 20.6. The van der Waals surface area contributed by atoms with Crippen LogP contribution in [0, 0.1) is 12.8 Å². The minimum Gasteiger partial charge on any atom is -0.496 e. The van der Waals surface area contributed by atoms with Gasteiger partial charge in [0.1, 0.15) is 5.75 Å². The molecule has 2 atom stereocenters. The van der Waals surface area contributed by atoms with Crippen LogP contribution in [0.15, 0.2) is 91.0 Å². The third kappa shape index (κ3) is 5.97. The molecular weight excluding hydrogens is 530 g/mol. The molecule has 1 aliphatic rings. The summed E-state index contributed by atoms with van der Waals surface area (Å²) >= 11 is 0. The maximum absolute atomic E-state index is 12.8. The number of aryl methyl sites for hydroxylation is 2. The fraction of sp³-hybridized carbons (Fsp3) is 0.229. The lowest BCUT2D eigenvalue weighted by Crippen LogP contribution is -2.36. The topological polar surface area (TPSA) is 104 Å². The smallest absolute Gasteiger partial charge is 0.309 e. The number of hydrogen-bond acceptors (Lipinski definition) is 5. The predicted molar refractivity (Wildman–Crippen MR) is 160 cm³/mol. The number of aliphatic carboxylic acids is 1. The van der Waals surface area contributed by atoms with E-state index in [9.17, 15) is 24.6 Å². The number of amides is 2. The summed E-state index contributed by atoms with van der Waals surface area (Å²) in [7, 11) is 1.66.